The summed E-state index contributed by atoms with van der Waals surface area (Å²) in [5.41, 5.74) is 0.943. The van der Waals surface area contributed by atoms with Crippen molar-refractivity contribution < 1.29 is 9.52 Å². The Morgan fingerprint density at radius 1 is 1.33 bits per heavy atom. The Hall–Kier alpha value is -1.29. The fourth-order valence-electron chi connectivity index (χ4n) is 1.41. The molecular formula is C11H9BrO3. The summed E-state index contributed by atoms with van der Waals surface area (Å²) in [6.07, 6.45) is 0. The molecule has 1 aromatic heterocycles. The van der Waals surface area contributed by atoms with E-state index in [2.05, 4.69) is 15.9 Å². The van der Waals surface area contributed by atoms with Crippen molar-refractivity contribution in [3.05, 3.63) is 38.2 Å². The molecule has 1 aromatic carbocycles. The molecule has 0 spiro atoms. The third kappa shape index (κ3) is 1.55. The smallest absolute Gasteiger partial charge is 0.195 e. The number of phenols is 1. The summed E-state index contributed by atoms with van der Waals surface area (Å²) in [5.74, 6) is 0.642. The fraction of sp³-hybridized carbons (Fsp3) is 0.182. The van der Waals surface area contributed by atoms with Crippen molar-refractivity contribution in [3.63, 3.8) is 0 Å². The Bertz CT molecular complexity index is 594. The molecule has 0 amide bonds. The first-order chi connectivity index (χ1) is 7.00. The number of phenolic OH excluding ortho intramolecular Hbond substituents is 1. The summed E-state index contributed by atoms with van der Waals surface area (Å²) >= 11 is 3.16. The number of halogens is 1. The number of fused-ring (bicyclic) bond motifs is 1. The lowest BCUT2D eigenvalue weighted by molar-refractivity contribution is 0.469. The quantitative estimate of drug-likeness (QED) is 0.800. The SMILES string of the molecule is Cc1oc2cc(O)c(Br)cc2c(=O)c1C. The van der Waals surface area contributed by atoms with Crippen molar-refractivity contribution in [2.45, 2.75) is 13.8 Å². The van der Waals surface area contributed by atoms with E-state index in [1.54, 1.807) is 19.9 Å². The van der Waals surface area contributed by atoms with Crippen molar-refractivity contribution in [3.8, 4) is 5.75 Å². The second kappa shape index (κ2) is 3.38. The van der Waals surface area contributed by atoms with Gasteiger partial charge in [0.15, 0.2) is 5.43 Å². The van der Waals surface area contributed by atoms with Gasteiger partial charge in [0, 0.05) is 11.6 Å². The van der Waals surface area contributed by atoms with Crippen LogP contribution in [0.3, 0.4) is 0 Å². The van der Waals surface area contributed by atoms with Crippen LogP contribution in [0.5, 0.6) is 5.75 Å². The van der Waals surface area contributed by atoms with Gasteiger partial charge >= 0.3 is 0 Å². The standard InChI is InChI=1S/C11H9BrO3/c1-5-6(2)15-10-4-9(13)8(12)3-7(10)11(5)14/h3-4,13H,1-2H3. The van der Waals surface area contributed by atoms with Crippen LogP contribution in [0.15, 0.2) is 25.8 Å². The lowest BCUT2D eigenvalue weighted by atomic mass is 10.1. The first-order valence-corrected chi connectivity index (χ1v) is 5.22. The number of hydrogen-bond acceptors (Lipinski definition) is 3. The lowest BCUT2D eigenvalue weighted by Gasteiger charge is -2.04. The normalized spacial score (nSPS) is 10.9. The van der Waals surface area contributed by atoms with Gasteiger partial charge in [0.05, 0.1) is 9.86 Å². The largest absolute Gasteiger partial charge is 0.507 e. The Kier molecular flexibility index (Phi) is 2.31. The number of aromatic hydroxyl groups is 1. The van der Waals surface area contributed by atoms with E-state index in [0.717, 1.165) is 0 Å². The Morgan fingerprint density at radius 3 is 2.67 bits per heavy atom. The van der Waals surface area contributed by atoms with E-state index in [1.807, 2.05) is 0 Å². The van der Waals surface area contributed by atoms with Crippen molar-refractivity contribution in [2.24, 2.45) is 0 Å². The van der Waals surface area contributed by atoms with E-state index in [9.17, 15) is 9.90 Å². The van der Waals surface area contributed by atoms with Crippen molar-refractivity contribution >= 4 is 26.9 Å². The predicted octanol–water partition coefficient (Wildman–Crippen LogP) is 2.88. The fourth-order valence-corrected chi connectivity index (χ4v) is 1.75. The molecule has 15 heavy (non-hydrogen) atoms. The molecule has 3 nitrogen and oxygen atoms in total. The van der Waals surface area contributed by atoms with Gasteiger partial charge in [-0.15, -0.1) is 0 Å². The van der Waals surface area contributed by atoms with Crippen molar-refractivity contribution in [2.75, 3.05) is 0 Å². The van der Waals surface area contributed by atoms with Gasteiger partial charge in [0.2, 0.25) is 0 Å². The van der Waals surface area contributed by atoms with Crippen LogP contribution in [0.2, 0.25) is 0 Å². The molecule has 0 saturated heterocycles. The van der Waals surface area contributed by atoms with E-state index < -0.39 is 0 Å². The van der Waals surface area contributed by atoms with Crippen LogP contribution in [0, 0.1) is 13.8 Å². The molecule has 4 heteroatoms. The van der Waals surface area contributed by atoms with Gasteiger partial charge in [0.25, 0.3) is 0 Å². The number of rotatable bonds is 0. The Balaban J connectivity index is 3.00. The van der Waals surface area contributed by atoms with Crippen LogP contribution in [-0.4, -0.2) is 5.11 Å². The molecule has 1 heterocycles. The minimum absolute atomic E-state index is 0.0607. The first kappa shape index (κ1) is 10.2. The molecule has 0 aliphatic rings. The van der Waals surface area contributed by atoms with Gasteiger partial charge in [0.1, 0.15) is 17.1 Å². The molecular weight excluding hydrogens is 260 g/mol. The number of benzene rings is 1. The molecule has 0 aliphatic carbocycles. The predicted molar refractivity (Wildman–Crippen MR) is 61.3 cm³/mol. The van der Waals surface area contributed by atoms with Crippen molar-refractivity contribution in [1.82, 2.24) is 0 Å². The second-order valence-electron chi connectivity index (χ2n) is 3.41. The highest BCUT2D eigenvalue weighted by Gasteiger charge is 2.10. The van der Waals surface area contributed by atoms with Gasteiger partial charge in [-0.05, 0) is 35.8 Å². The molecule has 0 radical (unpaired) electrons. The minimum Gasteiger partial charge on any atom is -0.507 e. The van der Waals surface area contributed by atoms with Crippen molar-refractivity contribution in [1.29, 1.82) is 0 Å². The van der Waals surface area contributed by atoms with Crippen LogP contribution in [0.1, 0.15) is 11.3 Å². The van der Waals surface area contributed by atoms with E-state index in [1.165, 1.54) is 6.07 Å². The minimum atomic E-state index is -0.0607. The van der Waals surface area contributed by atoms with Gasteiger partial charge in [-0.2, -0.15) is 0 Å². The summed E-state index contributed by atoms with van der Waals surface area (Å²) in [6, 6.07) is 3.01. The van der Waals surface area contributed by atoms with Crippen LogP contribution < -0.4 is 5.43 Å². The van der Waals surface area contributed by atoms with Gasteiger partial charge in [-0.3, -0.25) is 4.79 Å². The molecule has 0 fully saturated rings. The molecule has 2 rings (SSSR count). The highest BCUT2D eigenvalue weighted by molar-refractivity contribution is 9.10. The summed E-state index contributed by atoms with van der Waals surface area (Å²) in [6.45, 7) is 3.45. The maximum atomic E-state index is 11.9. The van der Waals surface area contributed by atoms with E-state index >= 15 is 0 Å². The van der Waals surface area contributed by atoms with Gasteiger partial charge < -0.3 is 9.52 Å². The van der Waals surface area contributed by atoms with Crippen LogP contribution in [0.4, 0.5) is 0 Å². The summed E-state index contributed by atoms with van der Waals surface area (Å²) in [5, 5.41) is 9.93. The zero-order chi connectivity index (χ0) is 11.2. The second-order valence-corrected chi connectivity index (χ2v) is 4.27. The Labute approximate surface area is 94.5 Å². The number of hydrogen-bond donors (Lipinski definition) is 1. The molecule has 0 bridgehead atoms. The lowest BCUT2D eigenvalue weighted by Crippen LogP contribution is -2.07. The van der Waals surface area contributed by atoms with Gasteiger partial charge in [-0.1, -0.05) is 0 Å². The maximum Gasteiger partial charge on any atom is 0.195 e. The Morgan fingerprint density at radius 2 is 2.00 bits per heavy atom. The zero-order valence-electron chi connectivity index (χ0n) is 8.30. The first-order valence-electron chi connectivity index (χ1n) is 4.43. The molecule has 78 valence electrons. The molecule has 1 N–H and O–H groups in total. The van der Waals surface area contributed by atoms with E-state index in [0.29, 0.717) is 26.8 Å². The highest BCUT2D eigenvalue weighted by Crippen LogP contribution is 2.28. The maximum absolute atomic E-state index is 11.9. The summed E-state index contributed by atoms with van der Waals surface area (Å²) in [7, 11) is 0. The molecule has 0 unspecified atom stereocenters. The van der Waals surface area contributed by atoms with E-state index in [-0.39, 0.29) is 11.2 Å². The average molecular weight is 269 g/mol. The van der Waals surface area contributed by atoms with Crippen LogP contribution >= 0.6 is 15.9 Å². The summed E-state index contributed by atoms with van der Waals surface area (Å²) in [4.78, 5) is 11.9. The molecule has 0 aliphatic heterocycles. The topological polar surface area (TPSA) is 50.4 Å². The summed E-state index contributed by atoms with van der Waals surface area (Å²) < 4.78 is 5.92. The highest BCUT2D eigenvalue weighted by atomic mass is 79.9. The number of aryl methyl sites for hydroxylation is 1. The van der Waals surface area contributed by atoms with E-state index in [4.69, 9.17) is 4.42 Å². The van der Waals surface area contributed by atoms with Gasteiger partial charge in [-0.25, -0.2) is 0 Å². The third-order valence-corrected chi connectivity index (χ3v) is 3.06. The molecule has 0 atom stereocenters. The molecule has 2 aromatic rings. The average Bonchev–Trinajstić information content (AvgIpc) is 2.19. The van der Waals surface area contributed by atoms with Crippen LogP contribution in [-0.2, 0) is 0 Å². The van der Waals surface area contributed by atoms with Crippen LogP contribution in [0.25, 0.3) is 11.0 Å². The third-order valence-electron chi connectivity index (χ3n) is 2.43. The zero-order valence-corrected chi connectivity index (χ0v) is 9.88. The molecule has 0 saturated carbocycles. The monoisotopic (exact) mass is 268 g/mol.